The lowest BCUT2D eigenvalue weighted by Crippen LogP contribution is -1.97. The van der Waals surface area contributed by atoms with Crippen LogP contribution >= 0.6 is 22.9 Å². The molecule has 6 aromatic rings. The lowest BCUT2D eigenvalue weighted by Gasteiger charge is -2.08. The number of hydrogen-bond acceptors (Lipinski definition) is 4. The number of benzene rings is 4. The third kappa shape index (κ3) is 3.34. The molecule has 0 radical (unpaired) electrons. The molecule has 0 unspecified atom stereocenters. The number of halogens is 1. The summed E-state index contributed by atoms with van der Waals surface area (Å²) in [6, 6.07) is 33.2. The van der Waals surface area contributed by atoms with E-state index in [0.717, 1.165) is 16.7 Å². The molecule has 0 aliphatic rings. The highest BCUT2D eigenvalue weighted by atomic mass is 35.5. The van der Waals surface area contributed by atoms with Gasteiger partial charge in [-0.15, -0.1) is 11.3 Å². The van der Waals surface area contributed by atoms with Crippen LogP contribution in [0.2, 0.25) is 5.28 Å². The maximum atomic E-state index is 6.27. The van der Waals surface area contributed by atoms with Gasteiger partial charge in [0.1, 0.15) is 0 Å². The second kappa shape index (κ2) is 7.83. The van der Waals surface area contributed by atoms with Gasteiger partial charge in [0.2, 0.25) is 5.28 Å². The van der Waals surface area contributed by atoms with E-state index >= 15 is 0 Å². The van der Waals surface area contributed by atoms with Gasteiger partial charge in [-0.3, -0.25) is 0 Å². The molecule has 0 spiro atoms. The van der Waals surface area contributed by atoms with Crippen molar-refractivity contribution < 1.29 is 0 Å². The fourth-order valence-corrected chi connectivity index (χ4v) is 5.33. The Morgan fingerprint density at radius 3 is 2.09 bits per heavy atom. The Morgan fingerprint density at radius 2 is 1.22 bits per heavy atom. The fraction of sp³-hybridized carbons (Fsp3) is 0. The van der Waals surface area contributed by atoms with Crippen molar-refractivity contribution in [2.24, 2.45) is 0 Å². The van der Waals surface area contributed by atoms with Crippen LogP contribution in [0.4, 0.5) is 0 Å². The first-order chi connectivity index (χ1) is 15.8. The van der Waals surface area contributed by atoms with E-state index in [1.54, 1.807) is 0 Å². The van der Waals surface area contributed by atoms with E-state index < -0.39 is 0 Å². The van der Waals surface area contributed by atoms with Gasteiger partial charge in [0, 0.05) is 31.3 Å². The first-order valence-corrected chi connectivity index (χ1v) is 11.4. The quantitative estimate of drug-likeness (QED) is 0.275. The zero-order valence-corrected chi connectivity index (χ0v) is 18.4. The second-order valence-electron chi connectivity index (χ2n) is 7.48. The van der Waals surface area contributed by atoms with Gasteiger partial charge in [0.25, 0.3) is 0 Å². The van der Waals surface area contributed by atoms with Crippen molar-refractivity contribution in [2.75, 3.05) is 0 Å². The van der Waals surface area contributed by atoms with Gasteiger partial charge in [0.15, 0.2) is 11.6 Å². The number of nitrogens with zero attached hydrogens (tertiary/aromatic N) is 3. The summed E-state index contributed by atoms with van der Waals surface area (Å²) in [7, 11) is 0. The van der Waals surface area contributed by atoms with Gasteiger partial charge in [-0.2, -0.15) is 9.97 Å². The maximum absolute atomic E-state index is 6.27. The van der Waals surface area contributed by atoms with Gasteiger partial charge in [-0.25, -0.2) is 4.98 Å². The molecule has 0 saturated carbocycles. The molecule has 0 aliphatic carbocycles. The van der Waals surface area contributed by atoms with Crippen LogP contribution in [-0.2, 0) is 0 Å². The lowest BCUT2D eigenvalue weighted by molar-refractivity contribution is 1.07. The number of thiophene rings is 1. The third-order valence-corrected chi connectivity index (χ3v) is 6.78. The molecule has 2 heterocycles. The summed E-state index contributed by atoms with van der Waals surface area (Å²) in [6.45, 7) is 0. The average molecular weight is 450 g/mol. The molecule has 32 heavy (non-hydrogen) atoms. The second-order valence-corrected chi connectivity index (χ2v) is 8.90. The van der Waals surface area contributed by atoms with Crippen molar-refractivity contribution in [1.29, 1.82) is 0 Å². The van der Waals surface area contributed by atoms with Crippen molar-refractivity contribution >= 4 is 43.1 Å². The van der Waals surface area contributed by atoms with Crippen molar-refractivity contribution in [2.45, 2.75) is 0 Å². The highest BCUT2D eigenvalue weighted by Crippen LogP contribution is 2.40. The van der Waals surface area contributed by atoms with Crippen LogP contribution in [0.15, 0.2) is 97.1 Å². The van der Waals surface area contributed by atoms with Crippen LogP contribution in [0.3, 0.4) is 0 Å². The first-order valence-electron chi connectivity index (χ1n) is 10.2. The van der Waals surface area contributed by atoms with Crippen LogP contribution in [-0.4, -0.2) is 15.0 Å². The van der Waals surface area contributed by atoms with Crippen LogP contribution in [0.1, 0.15) is 0 Å². The van der Waals surface area contributed by atoms with E-state index in [9.17, 15) is 0 Å². The Labute approximate surface area is 194 Å². The highest BCUT2D eigenvalue weighted by Gasteiger charge is 2.13. The zero-order valence-electron chi connectivity index (χ0n) is 16.9. The molecule has 5 heteroatoms. The van der Waals surface area contributed by atoms with E-state index in [4.69, 9.17) is 16.6 Å². The van der Waals surface area contributed by atoms with Gasteiger partial charge in [-0.05, 0) is 40.9 Å². The molecule has 0 bridgehead atoms. The van der Waals surface area contributed by atoms with Gasteiger partial charge >= 0.3 is 0 Å². The van der Waals surface area contributed by atoms with Crippen molar-refractivity contribution in [3.05, 3.63) is 102 Å². The number of aromatic nitrogens is 3. The van der Waals surface area contributed by atoms with Crippen molar-refractivity contribution in [3.63, 3.8) is 0 Å². The Hall–Kier alpha value is -3.60. The monoisotopic (exact) mass is 449 g/mol. The lowest BCUT2D eigenvalue weighted by atomic mass is 9.98. The summed E-state index contributed by atoms with van der Waals surface area (Å²) in [5, 5.41) is 2.75. The summed E-state index contributed by atoms with van der Waals surface area (Å²) >= 11 is 8.10. The topological polar surface area (TPSA) is 38.7 Å². The fourth-order valence-electron chi connectivity index (χ4n) is 4.04. The van der Waals surface area contributed by atoms with Crippen LogP contribution in [0.25, 0.3) is 54.1 Å². The molecular weight excluding hydrogens is 434 g/mol. The minimum absolute atomic E-state index is 0.185. The summed E-state index contributed by atoms with van der Waals surface area (Å²) in [5.74, 6) is 1.13. The minimum Gasteiger partial charge on any atom is -0.208 e. The third-order valence-electron chi connectivity index (χ3n) is 5.47. The van der Waals surface area contributed by atoms with E-state index in [2.05, 4.69) is 64.6 Å². The summed E-state index contributed by atoms with van der Waals surface area (Å²) in [5.41, 5.74) is 4.13. The molecule has 3 nitrogen and oxygen atoms in total. The van der Waals surface area contributed by atoms with Gasteiger partial charge < -0.3 is 0 Å². The minimum atomic E-state index is 0.185. The van der Waals surface area contributed by atoms with Crippen LogP contribution in [0.5, 0.6) is 0 Å². The molecule has 0 amide bonds. The number of hydrogen-bond donors (Lipinski definition) is 0. The molecule has 0 fully saturated rings. The number of fused-ring (bicyclic) bond motifs is 3. The number of rotatable bonds is 3. The largest absolute Gasteiger partial charge is 0.226 e. The van der Waals surface area contributed by atoms with E-state index in [0.29, 0.717) is 11.6 Å². The first kappa shape index (κ1) is 19.1. The molecule has 2 aromatic heterocycles. The molecule has 0 aliphatic heterocycles. The van der Waals surface area contributed by atoms with E-state index in [1.807, 2.05) is 53.8 Å². The SMILES string of the molecule is Clc1nc(-c2ccccc2)nc(-c2cccc(-c3cccc4sc5ccccc5c34)c2)n1. The molecule has 0 N–H and O–H groups in total. The Kier molecular flexibility index (Phi) is 4.67. The predicted molar refractivity (Wildman–Crippen MR) is 134 cm³/mol. The van der Waals surface area contributed by atoms with E-state index in [-0.39, 0.29) is 5.28 Å². The van der Waals surface area contributed by atoms with E-state index in [1.165, 1.54) is 25.7 Å². The highest BCUT2D eigenvalue weighted by molar-refractivity contribution is 7.25. The van der Waals surface area contributed by atoms with Crippen LogP contribution < -0.4 is 0 Å². The molecule has 0 atom stereocenters. The van der Waals surface area contributed by atoms with Gasteiger partial charge in [-0.1, -0.05) is 78.9 Å². The molecule has 0 saturated heterocycles. The summed E-state index contributed by atoms with van der Waals surface area (Å²) in [6.07, 6.45) is 0. The smallest absolute Gasteiger partial charge is 0.208 e. The Morgan fingerprint density at radius 1 is 0.562 bits per heavy atom. The van der Waals surface area contributed by atoms with Crippen molar-refractivity contribution in [1.82, 2.24) is 15.0 Å². The zero-order chi connectivity index (χ0) is 21.5. The van der Waals surface area contributed by atoms with Gasteiger partial charge in [0.05, 0.1) is 0 Å². The summed E-state index contributed by atoms with van der Waals surface area (Å²) < 4.78 is 2.58. The Bertz CT molecular complexity index is 1590. The van der Waals surface area contributed by atoms with Crippen LogP contribution in [0, 0.1) is 0 Å². The van der Waals surface area contributed by atoms with Crippen molar-refractivity contribution in [3.8, 4) is 33.9 Å². The normalized spacial score (nSPS) is 11.3. The Balaban J connectivity index is 1.51. The standard InChI is InChI=1S/C27H16ClN3S/c28-27-30-25(17-8-2-1-3-9-17)29-26(31-27)19-11-6-10-18(16-19)20-13-7-15-23-24(20)21-12-4-5-14-22(21)32-23/h1-16H. The molecule has 152 valence electrons. The molecule has 6 rings (SSSR count). The molecular formula is C27H16ClN3S. The predicted octanol–water partition coefficient (Wildman–Crippen LogP) is 7.89. The molecule has 4 aromatic carbocycles. The maximum Gasteiger partial charge on any atom is 0.226 e. The summed E-state index contributed by atoms with van der Waals surface area (Å²) in [4.78, 5) is 13.4. The average Bonchev–Trinajstić information content (AvgIpc) is 3.23.